The van der Waals surface area contributed by atoms with Crippen molar-refractivity contribution in [1.82, 2.24) is 0 Å². The van der Waals surface area contributed by atoms with Gasteiger partial charge in [0.25, 0.3) is 0 Å². The van der Waals surface area contributed by atoms with Gasteiger partial charge in [0, 0.05) is 16.8 Å². The second-order valence-electron chi connectivity index (χ2n) is 3.13. The van der Waals surface area contributed by atoms with Gasteiger partial charge in [0.05, 0.1) is 0 Å². The minimum absolute atomic E-state index is 0.649. The lowest BCUT2D eigenvalue weighted by Crippen LogP contribution is -1.87. The molecule has 0 fully saturated rings. The molecule has 0 radical (unpaired) electrons. The molecule has 3 heteroatoms. The van der Waals surface area contributed by atoms with E-state index < -0.39 is 0 Å². The average molecular weight is 220 g/mol. The van der Waals surface area contributed by atoms with Gasteiger partial charge in [-0.15, -0.1) is 0 Å². The molecule has 0 amide bonds. The van der Waals surface area contributed by atoms with E-state index >= 15 is 0 Å². The molecule has 76 valence electrons. The molecule has 2 aromatic rings. The molecule has 0 aliphatic heterocycles. The molecule has 2 aromatic carbocycles. The van der Waals surface area contributed by atoms with Gasteiger partial charge < -0.3 is 10.5 Å². The number of halogens is 1. The molecule has 0 heterocycles. The lowest BCUT2D eigenvalue weighted by molar-refractivity contribution is 0.483. The Balaban J connectivity index is 2.22. The molecule has 0 atom stereocenters. The molecule has 0 saturated heterocycles. The van der Waals surface area contributed by atoms with E-state index in [1.54, 1.807) is 18.2 Å². The number of rotatable bonds is 2. The highest BCUT2D eigenvalue weighted by Crippen LogP contribution is 2.25. The zero-order chi connectivity index (χ0) is 10.7. The van der Waals surface area contributed by atoms with Crippen molar-refractivity contribution in [2.24, 2.45) is 0 Å². The van der Waals surface area contributed by atoms with Crippen LogP contribution in [0.4, 0.5) is 5.69 Å². The van der Waals surface area contributed by atoms with Crippen molar-refractivity contribution >= 4 is 17.3 Å². The third-order valence-corrected chi connectivity index (χ3v) is 2.12. The van der Waals surface area contributed by atoms with Gasteiger partial charge >= 0.3 is 0 Å². The molecule has 2 nitrogen and oxygen atoms in total. The molecule has 2 rings (SSSR count). The Morgan fingerprint density at radius 1 is 0.933 bits per heavy atom. The van der Waals surface area contributed by atoms with Gasteiger partial charge in [-0.05, 0) is 30.3 Å². The van der Waals surface area contributed by atoms with Gasteiger partial charge in [0.15, 0.2) is 0 Å². The first-order chi connectivity index (χ1) is 7.24. The number of nitrogen functional groups attached to an aromatic ring is 1. The first-order valence-electron chi connectivity index (χ1n) is 4.53. The lowest BCUT2D eigenvalue weighted by atomic mass is 10.3. The Bertz CT molecular complexity index is 427. The van der Waals surface area contributed by atoms with Crippen molar-refractivity contribution in [3.8, 4) is 11.5 Å². The van der Waals surface area contributed by atoms with E-state index in [1.807, 2.05) is 30.3 Å². The predicted molar refractivity (Wildman–Crippen MR) is 62.4 cm³/mol. The molecular formula is C12H10ClNO. The Morgan fingerprint density at radius 3 is 2.27 bits per heavy atom. The number of nitrogens with two attached hydrogens (primary N) is 1. The maximum atomic E-state index is 5.84. The molecule has 0 spiro atoms. The van der Waals surface area contributed by atoms with Gasteiger partial charge in [-0.2, -0.15) is 0 Å². The summed E-state index contributed by atoms with van der Waals surface area (Å²) in [5.41, 5.74) is 6.31. The molecule has 0 saturated carbocycles. The third-order valence-electron chi connectivity index (χ3n) is 1.89. The summed E-state index contributed by atoms with van der Waals surface area (Å²) in [6.45, 7) is 0. The Labute approximate surface area is 93.2 Å². The summed E-state index contributed by atoms with van der Waals surface area (Å²) >= 11 is 5.84. The summed E-state index contributed by atoms with van der Waals surface area (Å²) in [7, 11) is 0. The van der Waals surface area contributed by atoms with Crippen LogP contribution in [-0.4, -0.2) is 0 Å². The summed E-state index contributed by atoms with van der Waals surface area (Å²) in [5.74, 6) is 1.41. The van der Waals surface area contributed by atoms with Crippen molar-refractivity contribution in [3.63, 3.8) is 0 Å². The fourth-order valence-corrected chi connectivity index (χ4v) is 1.42. The fraction of sp³-hybridized carbons (Fsp3) is 0. The average Bonchev–Trinajstić information content (AvgIpc) is 2.17. The number of hydrogen-bond acceptors (Lipinski definition) is 2. The van der Waals surface area contributed by atoms with Crippen LogP contribution in [0.5, 0.6) is 11.5 Å². The third kappa shape index (κ3) is 2.64. The smallest absolute Gasteiger partial charge is 0.129 e. The highest BCUT2D eigenvalue weighted by molar-refractivity contribution is 6.30. The van der Waals surface area contributed by atoms with E-state index in [1.165, 1.54) is 0 Å². The maximum absolute atomic E-state index is 5.84. The van der Waals surface area contributed by atoms with Crippen LogP contribution in [0.3, 0.4) is 0 Å². The van der Waals surface area contributed by atoms with Gasteiger partial charge in [0.1, 0.15) is 11.5 Å². The van der Waals surface area contributed by atoms with E-state index in [4.69, 9.17) is 22.1 Å². The van der Waals surface area contributed by atoms with Gasteiger partial charge in [-0.1, -0.05) is 23.7 Å². The summed E-state index contributed by atoms with van der Waals surface area (Å²) in [5, 5.41) is 0.649. The van der Waals surface area contributed by atoms with Crippen molar-refractivity contribution < 1.29 is 4.74 Å². The monoisotopic (exact) mass is 219 g/mol. The fourth-order valence-electron chi connectivity index (χ4n) is 1.24. The molecular weight excluding hydrogens is 210 g/mol. The second kappa shape index (κ2) is 4.24. The summed E-state index contributed by atoms with van der Waals surface area (Å²) in [4.78, 5) is 0. The quantitative estimate of drug-likeness (QED) is 0.782. The highest BCUT2D eigenvalue weighted by atomic mass is 35.5. The topological polar surface area (TPSA) is 35.2 Å². The van der Waals surface area contributed by atoms with Crippen LogP contribution in [0.25, 0.3) is 0 Å². The van der Waals surface area contributed by atoms with Gasteiger partial charge in [-0.3, -0.25) is 0 Å². The van der Waals surface area contributed by atoms with Crippen LogP contribution >= 0.6 is 11.6 Å². The molecule has 0 unspecified atom stereocenters. The van der Waals surface area contributed by atoms with Crippen molar-refractivity contribution in [2.75, 3.05) is 5.73 Å². The number of ether oxygens (including phenoxy) is 1. The molecule has 2 N–H and O–H groups in total. The Morgan fingerprint density at radius 2 is 1.60 bits per heavy atom. The standard InChI is InChI=1S/C12H10ClNO/c13-9-3-1-5-11(7-9)15-12-6-2-4-10(14)8-12/h1-8H,14H2. The minimum atomic E-state index is 0.649. The molecule has 0 aliphatic carbocycles. The predicted octanol–water partition coefficient (Wildman–Crippen LogP) is 3.71. The summed E-state index contributed by atoms with van der Waals surface area (Å²) < 4.78 is 5.58. The Hall–Kier alpha value is -1.67. The molecule has 0 aliphatic rings. The van der Waals surface area contributed by atoms with E-state index in [0.29, 0.717) is 22.2 Å². The molecule has 0 aromatic heterocycles. The summed E-state index contributed by atoms with van der Waals surface area (Å²) in [6.07, 6.45) is 0. The largest absolute Gasteiger partial charge is 0.457 e. The zero-order valence-electron chi connectivity index (χ0n) is 7.98. The highest BCUT2D eigenvalue weighted by Gasteiger charge is 1.97. The number of anilines is 1. The Kier molecular flexibility index (Phi) is 2.79. The van der Waals surface area contributed by atoms with Crippen LogP contribution in [0, 0.1) is 0 Å². The van der Waals surface area contributed by atoms with E-state index in [-0.39, 0.29) is 0 Å². The van der Waals surface area contributed by atoms with E-state index in [0.717, 1.165) is 0 Å². The van der Waals surface area contributed by atoms with E-state index in [2.05, 4.69) is 0 Å². The minimum Gasteiger partial charge on any atom is -0.457 e. The summed E-state index contributed by atoms with van der Waals surface area (Å²) in [6, 6.07) is 14.5. The van der Waals surface area contributed by atoms with Gasteiger partial charge in [0.2, 0.25) is 0 Å². The van der Waals surface area contributed by atoms with Crippen LogP contribution in [0.2, 0.25) is 5.02 Å². The van der Waals surface area contributed by atoms with Crippen LogP contribution in [-0.2, 0) is 0 Å². The number of hydrogen-bond donors (Lipinski definition) is 1. The van der Waals surface area contributed by atoms with Crippen molar-refractivity contribution in [3.05, 3.63) is 53.6 Å². The maximum Gasteiger partial charge on any atom is 0.129 e. The lowest BCUT2D eigenvalue weighted by Gasteiger charge is -2.06. The number of benzene rings is 2. The van der Waals surface area contributed by atoms with Gasteiger partial charge in [-0.25, -0.2) is 0 Å². The first-order valence-corrected chi connectivity index (χ1v) is 4.91. The zero-order valence-corrected chi connectivity index (χ0v) is 8.74. The van der Waals surface area contributed by atoms with Crippen LogP contribution < -0.4 is 10.5 Å². The van der Waals surface area contributed by atoms with Crippen molar-refractivity contribution in [1.29, 1.82) is 0 Å². The second-order valence-corrected chi connectivity index (χ2v) is 3.57. The molecule has 0 bridgehead atoms. The SMILES string of the molecule is Nc1cccc(Oc2cccc(Cl)c2)c1. The van der Waals surface area contributed by atoms with Crippen LogP contribution in [0.1, 0.15) is 0 Å². The van der Waals surface area contributed by atoms with Crippen LogP contribution in [0.15, 0.2) is 48.5 Å². The van der Waals surface area contributed by atoms with Crippen molar-refractivity contribution in [2.45, 2.75) is 0 Å². The molecule has 15 heavy (non-hydrogen) atoms. The van der Waals surface area contributed by atoms with E-state index in [9.17, 15) is 0 Å². The normalized spacial score (nSPS) is 9.93. The first kappa shape index (κ1) is 9.87.